The normalized spacial score (nSPS) is 12.7. The molecule has 1 unspecified atom stereocenters. The molecule has 1 atom stereocenters. The quantitative estimate of drug-likeness (QED) is 0.614. The molecule has 23 heavy (non-hydrogen) atoms. The van der Waals surface area contributed by atoms with Crippen LogP contribution in [0.2, 0.25) is 0 Å². The highest BCUT2D eigenvalue weighted by molar-refractivity contribution is 5.80. The number of methoxy groups -OCH3 is 1. The Balaban J connectivity index is 3.03. The van der Waals surface area contributed by atoms with Crippen LogP contribution in [0.5, 0.6) is 0 Å². The minimum atomic E-state index is -1.33. The summed E-state index contributed by atoms with van der Waals surface area (Å²) in [4.78, 5) is 23.6. The van der Waals surface area contributed by atoms with Crippen molar-refractivity contribution >= 4 is 11.9 Å². The van der Waals surface area contributed by atoms with Crippen molar-refractivity contribution in [3.8, 4) is 0 Å². The van der Waals surface area contributed by atoms with Crippen molar-refractivity contribution in [1.82, 2.24) is 0 Å². The molecule has 0 bridgehead atoms. The van der Waals surface area contributed by atoms with Crippen LogP contribution in [0.3, 0.4) is 0 Å². The first-order chi connectivity index (χ1) is 10.5. The predicted molar refractivity (Wildman–Crippen MR) is 76.0 cm³/mol. The van der Waals surface area contributed by atoms with Gasteiger partial charge in [0.15, 0.2) is 11.6 Å². The molecule has 0 radical (unpaired) electrons. The Bertz CT molecular complexity index is 594. The predicted octanol–water partition coefficient (Wildman–Crippen LogP) is 3.17. The molecule has 1 aromatic carbocycles. The van der Waals surface area contributed by atoms with Crippen LogP contribution >= 0.6 is 0 Å². The van der Waals surface area contributed by atoms with Crippen LogP contribution in [-0.4, -0.2) is 24.6 Å². The summed E-state index contributed by atoms with van der Waals surface area (Å²) in [6.07, 6.45) is -0.670. The zero-order valence-corrected chi connectivity index (χ0v) is 13.4. The molecule has 7 heteroatoms. The monoisotopic (exact) mass is 332 g/mol. The number of hydrogen-bond donors (Lipinski definition) is 0. The van der Waals surface area contributed by atoms with Crippen LogP contribution in [0, 0.1) is 23.4 Å². The molecule has 0 aromatic heterocycles. The first kappa shape index (κ1) is 19.0. The fraction of sp³-hybridized carbons (Fsp3) is 0.500. The Morgan fingerprint density at radius 2 is 1.65 bits per heavy atom. The summed E-state index contributed by atoms with van der Waals surface area (Å²) in [6, 6.07) is 1.06. The average molecular weight is 332 g/mol. The van der Waals surface area contributed by atoms with E-state index in [4.69, 9.17) is 4.74 Å². The van der Waals surface area contributed by atoms with E-state index in [1.54, 1.807) is 20.8 Å². The fourth-order valence-corrected chi connectivity index (χ4v) is 1.89. The van der Waals surface area contributed by atoms with Gasteiger partial charge in [-0.1, -0.05) is 0 Å². The third kappa shape index (κ3) is 5.92. The molecule has 0 saturated carbocycles. The van der Waals surface area contributed by atoms with E-state index in [2.05, 4.69) is 4.74 Å². The molecule has 128 valence electrons. The lowest BCUT2D eigenvalue weighted by atomic mass is 9.95. The molecule has 0 heterocycles. The molecule has 0 saturated heterocycles. The van der Waals surface area contributed by atoms with Gasteiger partial charge in [0.1, 0.15) is 11.4 Å². The highest BCUT2D eigenvalue weighted by Crippen LogP contribution is 2.22. The Morgan fingerprint density at radius 3 is 2.17 bits per heavy atom. The second-order valence-corrected chi connectivity index (χ2v) is 6.07. The number of carbonyl (C=O) groups is 2. The summed E-state index contributed by atoms with van der Waals surface area (Å²) in [6.45, 7) is 4.91. The molecule has 0 fully saturated rings. The van der Waals surface area contributed by atoms with Crippen LogP contribution in [-0.2, 0) is 25.5 Å². The van der Waals surface area contributed by atoms with Gasteiger partial charge in [0.25, 0.3) is 0 Å². The first-order valence-electron chi connectivity index (χ1n) is 6.96. The van der Waals surface area contributed by atoms with E-state index >= 15 is 0 Å². The van der Waals surface area contributed by atoms with Crippen molar-refractivity contribution < 1.29 is 32.2 Å². The lowest BCUT2D eigenvalue weighted by Gasteiger charge is -2.23. The molecule has 0 aliphatic heterocycles. The number of carbonyl (C=O) groups excluding carboxylic acids is 2. The number of rotatable bonds is 5. The summed E-state index contributed by atoms with van der Waals surface area (Å²) >= 11 is 0. The summed E-state index contributed by atoms with van der Waals surface area (Å²) in [7, 11) is 1.15. The molecule has 0 N–H and O–H groups in total. The van der Waals surface area contributed by atoms with Gasteiger partial charge in [-0.05, 0) is 38.8 Å². The van der Waals surface area contributed by atoms with Crippen LogP contribution in [0.1, 0.15) is 32.8 Å². The number of hydrogen-bond acceptors (Lipinski definition) is 4. The summed E-state index contributed by atoms with van der Waals surface area (Å²) < 4.78 is 49.6. The molecule has 1 aromatic rings. The summed E-state index contributed by atoms with van der Waals surface area (Å²) in [5.41, 5.74) is -1.03. The SMILES string of the molecule is COC(=O)CC(Cc1cc(F)c(F)cc1F)C(=O)OC(C)(C)C. The maximum absolute atomic E-state index is 13.7. The lowest BCUT2D eigenvalue weighted by Crippen LogP contribution is -2.31. The first-order valence-corrected chi connectivity index (χ1v) is 6.96. The largest absolute Gasteiger partial charge is 0.469 e. The highest BCUT2D eigenvalue weighted by atomic mass is 19.2. The van der Waals surface area contributed by atoms with Gasteiger partial charge in [-0.2, -0.15) is 0 Å². The van der Waals surface area contributed by atoms with Gasteiger partial charge in [-0.15, -0.1) is 0 Å². The van der Waals surface area contributed by atoms with Crippen molar-refractivity contribution in [2.45, 2.75) is 39.2 Å². The van der Waals surface area contributed by atoms with Gasteiger partial charge in [0.05, 0.1) is 19.4 Å². The molecule has 0 aliphatic rings. The highest BCUT2D eigenvalue weighted by Gasteiger charge is 2.29. The Hall–Kier alpha value is -2.05. The minimum absolute atomic E-state index is 0.219. The van der Waals surface area contributed by atoms with Crippen LogP contribution in [0.15, 0.2) is 12.1 Å². The van der Waals surface area contributed by atoms with E-state index < -0.39 is 40.9 Å². The van der Waals surface area contributed by atoms with Crippen LogP contribution < -0.4 is 0 Å². The summed E-state index contributed by atoms with van der Waals surface area (Å²) in [5.74, 6) is -6.06. The number of benzene rings is 1. The standard InChI is InChI=1S/C16H19F3O4/c1-16(2,3)23-15(21)10(7-14(20)22-4)5-9-6-12(18)13(19)8-11(9)17/h6,8,10H,5,7H2,1-4H3. The van der Waals surface area contributed by atoms with Crippen molar-refractivity contribution in [2.75, 3.05) is 7.11 Å². The summed E-state index contributed by atoms with van der Waals surface area (Å²) in [5, 5.41) is 0. The molecular formula is C16H19F3O4. The van der Waals surface area contributed by atoms with Crippen molar-refractivity contribution in [1.29, 1.82) is 0 Å². The maximum atomic E-state index is 13.7. The van der Waals surface area contributed by atoms with Crippen molar-refractivity contribution in [3.63, 3.8) is 0 Å². The van der Waals surface area contributed by atoms with E-state index in [-0.39, 0.29) is 18.4 Å². The Morgan fingerprint density at radius 1 is 1.09 bits per heavy atom. The van der Waals surface area contributed by atoms with Gasteiger partial charge >= 0.3 is 11.9 Å². The minimum Gasteiger partial charge on any atom is -0.469 e. The topological polar surface area (TPSA) is 52.6 Å². The second-order valence-electron chi connectivity index (χ2n) is 6.07. The van der Waals surface area contributed by atoms with Gasteiger partial charge in [0, 0.05) is 6.07 Å². The van der Waals surface area contributed by atoms with Gasteiger partial charge in [-0.25, -0.2) is 13.2 Å². The molecular weight excluding hydrogens is 313 g/mol. The third-order valence-corrected chi connectivity index (χ3v) is 2.94. The number of esters is 2. The number of ether oxygens (including phenoxy) is 2. The zero-order chi connectivity index (χ0) is 17.8. The number of halogens is 3. The Labute approximate surface area is 132 Å². The second kappa shape index (κ2) is 7.48. The van der Waals surface area contributed by atoms with E-state index in [1.807, 2.05) is 0 Å². The smallest absolute Gasteiger partial charge is 0.310 e. The maximum Gasteiger partial charge on any atom is 0.310 e. The molecule has 0 amide bonds. The molecule has 4 nitrogen and oxygen atoms in total. The van der Waals surface area contributed by atoms with Crippen LogP contribution in [0.4, 0.5) is 13.2 Å². The van der Waals surface area contributed by atoms with Crippen LogP contribution in [0.25, 0.3) is 0 Å². The van der Waals surface area contributed by atoms with Crippen molar-refractivity contribution in [2.24, 2.45) is 5.92 Å². The van der Waals surface area contributed by atoms with Gasteiger partial charge in [0.2, 0.25) is 0 Å². The van der Waals surface area contributed by atoms with E-state index in [0.29, 0.717) is 12.1 Å². The van der Waals surface area contributed by atoms with E-state index in [9.17, 15) is 22.8 Å². The van der Waals surface area contributed by atoms with Gasteiger partial charge < -0.3 is 9.47 Å². The fourth-order valence-electron chi connectivity index (χ4n) is 1.89. The van der Waals surface area contributed by atoms with Crippen molar-refractivity contribution in [3.05, 3.63) is 35.1 Å². The average Bonchev–Trinajstić information content (AvgIpc) is 2.41. The van der Waals surface area contributed by atoms with Gasteiger partial charge in [-0.3, -0.25) is 9.59 Å². The Kier molecular flexibility index (Phi) is 6.18. The van der Waals surface area contributed by atoms with E-state index in [1.165, 1.54) is 0 Å². The zero-order valence-electron chi connectivity index (χ0n) is 13.4. The molecule has 0 aliphatic carbocycles. The molecule has 1 rings (SSSR count). The lowest BCUT2D eigenvalue weighted by molar-refractivity contribution is -0.163. The van der Waals surface area contributed by atoms with E-state index in [0.717, 1.165) is 7.11 Å². The molecule has 0 spiro atoms. The third-order valence-electron chi connectivity index (χ3n) is 2.94.